The summed E-state index contributed by atoms with van der Waals surface area (Å²) in [7, 11) is 0. The smallest absolute Gasteiger partial charge is 0.313 e. The summed E-state index contributed by atoms with van der Waals surface area (Å²) in [6.07, 6.45) is 2.71. The largest absolute Gasteiger partial charge is 0.481 e. The first-order valence-electron chi connectivity index (χ1n) is 11.8. The van der Waals surface area contributed by atoms with Crippen molar-refractivity contribution in [2.75, 3.05) is 18.4 Å². The zero-order chi connectivity index (χ0) is 24.3. The molecule has 0 saturated carbocycles. The molecule has 5 nitrogen and oxygen atoms in total. The molecule has 3 atom stereocenters. The fourth-order valence-corrected chi connectivity index (χ4v) is 4.64. The van der Waals surface area contributed by atoms with Crippen LogP contribution < -0.4 is 10.6 Å². The van der Waals surface area contributed by atoms with E-state index in [1.165, 1.54) is 25.5 Å². The molecule has 0 bridgehead atoms. The van der Waals surface area contributed by atoms with Crippen molar-refractivity contribution in [3.8, 4) is 0 Å². The van der Waals surface area contributed by atoms with Gasteiger partial charge in [-0.25, -0.2) is 4.39 Å². The third kappa shape index (κ3) is 4.97. The summed E-state index contributed by atoms with van der Waals surface area (Å²) in [5.74, 6) is -1.15. The summed E-state index contributed by atoms with van der Waals surface area (Å²) in [6, 6.07) is 19.4. The Kier molecular flexibility index (Phi) is 6.98. The Balaban J connectivity index is 1.54. The second-order valence-electron chi connectivity index (χ2n) is 9.71. The highest BCUT2D eigenvalue weighted by Crippen LogP contribution is 2.33. The summed E-state index contributed by atoms with van der Waals surface area (Å²) < 4.78 is 14.5. The van der Waals surface area contributed by atoms with Crippen LogP contribution in [0.25, 0.3) is 0 Å². The van der Waals surface area contributed by atoms with Gasteiger partial charge in [-0.3, -0.25) is 9.78 Å². The second kappa shape index (κ2) is 9.94. The van der Waals surface area contributed by atoms with E-state index in [0.717, 1.165) is 29.9 Å². The first kappa shape index (κ1) is 23.9. The number of fused-ring (bicyclic) bond motifs is 1. The quantitative estimate of drug-likeness (QED) is 0.424. The highest BCUT2D eigenvalue weighted by molar-refractivity contribution is 5.80. The number of aromatic nitrogens is 1. The summed E-state index contributed by atoms with van der Waals surface area (Å²) in [4.78, 5) is 16.3. The lowest BCUT2D eigenvalue weighted by atomic mass is 9.82. The number of aliphatic carboxylic acids is 1. The third-order valence-corrected chi connectivity index (χ3v) is 6.94. The SMILES string of the molecule is C[C@@H](CN[C@H](c1ccccc1)[C@H]1CNc2cccnc2C1)c1ccc(F)c(C(C)(C)C(=O)O)c1. The first-order chi connectivity index (χ1) is 16.3. The van der Waals surface area contributed by atoms with Crippen molar-refractivity contribution in [3.05, 3.63) is 95.1 Å². The van der Waals surface area contributed by atoms with E-state index >= 15 is 0 Å². The van der Waals surface area contributed by atoms with Crippen LogP contribution >= 0.6 is 0 Å². The molecule has 0 spiro atoms. The van der Waals surface area contributed by atoms with Crippen molar-refractivity contribution in [1.82, 2.24) is 10.3 Å². The number of hydrogen-bond donors (Lipinski definition) is 3. The minimum atomic E-state index is -1.30. The number of nitrogens with zero attached hydrogens (tertiary/aromatic N) is 1. The van der Waals surface area contributed by atoms with Gasteiger partial charge in [0.15, 0.2) is 0 Å². The van der Waals surface area contributed by atoms with Crippen LogP contribution in [0.5, 0.6) is 0 Å². The lowest BCUT2D eigenvalue weighted by Crippen LogP contribution is -2.37. The van der Waals surface area contributed by atoms with Crippen molar-refractivity contribution < 1.29 is 14.3 Å². The van der Waals surface area contributed by atoms with Crippen molar-refractivity contribution in [1.29, 1.82) is 0 Å². The number of rotatable bonds is 8. The van der Waals surface area contributed by atoms with Crippen molar-refractivity contribution in [2.45, 2.75) is 44.6 Å². The number of carboxylic acids is 1. The molecule has 0 fully saturated rings. The van der Waals surface area contributed by atoms with Gasteiger partial charge in [0.1, 0.15) is 5.82 Å². The molecule has 178 valence electrons. The lowest BCUT2D eigenvalue weighted by molar-refractivity contribution is -0.142. The highest BCUT2D eigenvalue weighted by atomic mass is 19.1. The molecule has 1 aliphatic rings. The molecule has 3 aromatic rings. The molecular formula is C28H32FN3O2. The number of pyridine rings is 1. The molecule has 6 heteroatoms. The standard InChI is InChI=1S/C28H32FN3O2/c1-18(20-11-12-23(29)22(14-20)28(2,3)27(33)34)16-32-26(19-8-5-4-6-9-19)21-15-25-24(31-17-21)10-7-13-30-25/h4-14,18,21,26,31-32H,15-17H2,1-3H3,(H,33,34)/t18-,21+,26+/m0/s1. The number of halogens is 1. The topological polar surface area (TPSA) is 74.2 Å². The molecule has 0 saturated heterocycles. The van der Waals surface area contributed by atoms with Crippen molar-refractivity contribution in [3.63, 3.8) is 0 Å². The van der Waals surface area contributed by atoms with E-state index in [9.17, 15) is 14.3 Å². The molecule has 2 aromatic carbocycles. The maximum absolute atomic E-state index is 14.5. The van der Waals surface area contributed by atoms with E-state index in [-0.39, 0.29) is 17.5 Å². The predicted molar refractivity (Wildman–Crippen MR) is 133 cm³/mol. The van der Waals surface area contributed by atoms with E-state index in [1.54, 1.807) is 12.1 Å². The van der Waals surface area contributed by atoms with E-state index < -0.39 is 17.2 Å². The van der Waals surface area contributed by atoms with Gasteiger partial charge in [-0.2, -0.15) is 0 Å². The van der Waals surface area contributed by atoms with Gasteiger partial charge >= 0.3 is 5.97 Å². The Labute approximate surface area is 200 Å². The number of nitrogens with one attached hydrogen (secondary N) is 2. The van der Waals surface area contributed by atoms with Crippen LogP contribution in [0.2, 0.25) is 0 Å². The third-order valence-electron chi connectivity index (χ3n) is 6.94. The number of hydrogen-bond acceptors (Lipinski definition) is 4. The minimum absolute atomic E-state index is 0.0668. The molecule has 34 heavy (non-hydrogen) atoms. The van der Waals surface area contributed by atoms with E-state index in [1.807, 2.05) is 18.3 Å². The van der Waals surface area contributed by atoms with Crippen LogP contribution in [-0.2, 0) is 16.6 Å². The van der Waals surface area contributed by atoms with Crippen LogP contribution in [-0.4, -0.2) is 29.1 Å². The summed E-state index contributed by atoms with van der Waals surface area (Å²) in [5, 5.41) is 16.9. The molecule has 3 N–H and O–H groups in total. The fourth-order valence-electron chi connectivity index (χ4n) is 4.64. The summed E-state index contributed by atoms with van der Waals surface area (Å²) >= 11 is 0. The molecule has 0 unspecified atom stereocenters. The highest BCUT2D eigenvalue weighted by Gasteiger charge is 2.33. The monoisotopic (exact) mass is 461 g/mol. The van der Waals surface area contributed by atoms with Gasteiger partial charge < -0.3 is 15.7 Å². The Hall–Kier alpha value is -3.25. The molecule has 0 aliphatic carbocycles. The maximum Gasteiger partial charge on any atom is 0.313 e. The minimum Gasteiger partial charge on any atom is -0.481 e. The van der Waals surface area contributed by atoms with Gasteiger partial charge in [0, 0.05) is 36.8 Å². The van der Waals surface area contributed by atoms with Gasteiger partial charge in [-0.05, 0) is 55.5 Å². The Morgan fingerprint density at radius 2 is 1.94 bits per heavy atom. The van der Waals surface area contributed by atoms with Crippen LogP contribution in [0, 0.1) is 11.7 Å². The molecule has 4 rings (SSSR count). The van der Waals surface area contributed by atoms with Gasteiger partial charge in [-0.1, -0.05) is 49.4 Å². The molecule has 0 radical (unpaired) electrons. The number of carbonyl (C=O) groups is 1. The number of anilines is 1. The van der Waals surface area contributed by atoms with Gasteiger partial charge in [0.2, 0.25) is 0 Å². The van der Waals surface area contributed by atoms with E-state index in [2.05, 4.69) is 52.9 Å². The normalized spacial score (nSPS) is 17.4. The Bertz CT molecular complexity index is 1150. The van der Waals surface area contributed by atoms with Gasteiger partial charge in [0.25, 0.3) is 0 Å². The average molecular weight is 462 g/mol. The molecule has 0 amide bonds. The van der Waals surface area contributed by atoms with Crippen molar-refractivity contribution >= 4 is 11.7 Å². The van der Waals surface area contributed by atoms with E-state index in [0.29, 0.717) is 12.5 Å². The maximum atomic E-state index is 14.5. The Morgan fingerprint density at radius 3 is 2.68 bits per heavy atom. The molecule has 2 heterocycles. The number of benzene rings is 2. The molecular weight excluding hydrogens is 429 g/mol. The van der Waals surface area contributed by atoms with Crippen molar-refractivity contribution in [2.24, 2.45) is 5.92 Å². The fraction of sp³-hybridized carbons (Fsp3) is 0.357. The average Bonchev–Trinajstić information content (AvgIpc) is 2.84. The first-order valence-corrected chi connectivity index (χ1v) is 11.8. The van der Waals surface area contributed by atoms with Gasteiger partial charge in [0.05, 0.1) is 16.8 Å². The zero-order valence-electron chi connectivity index (χ0n) is 19.9. The zero-order valence-corrected chi connectivity index (χ0v) is 19.9. The number of carboxylic acid groups (broad SMARTS) is 1. The van der Waals surface area contributed by atoms with Crippen LogP contribution in [0.4, 0.5) is 10.1 Å². The van der Waals surface area contributed by atoms with Crippen LogP contribution in [0.1, 0.15) is 55.1 Å². The lowest BCUT2D eigenvalue weighted by Gasteiger charge is -2.33. The predicted octanol–water partition coefficient (Wildman–Crippen LogP) is 5.30. The van der Waals surface area contributed by atoms with Crippen LogP contribution in [0.3, 0.4) is 0 Å². The van der Waals surface area contributed by atoms with Crippen LogP contribution in [0.15, 0.2) is 66.9 Å². The van der Waals surface area contributed by atoms with E-state index in [4.69, 9.17) is 0 Å². The Morgan fingerprint density at radius 1 is 1.18 bits per heavy atom. The van der Waals surface area contributed by atoms with Gasteiger partial charge in [-0.15, -0.1) is 0 Å². The summed E-state index contributed by atoms with van der Waals surface area (Å²) in [5.41, 5.74) is 3.22. The summed E-state index contributed by atoms with van der Waals surface area (Å²) in [6.45, 7) is 6.66. The second-order valence-corrected chi connectivity index (χ2v) is 9.71. The molecule has 1 aliphatic heterocycles. The molecule has 1 aromatic heterocycles.